The summed E-state index contributed by atoms with van der Waals surface area (Å²) < 4.78 is 20.5. The second-order valence-corrected chi connectivity index (χ2v) is 8.47. The van der Waals surface area contributed by atoms with Gasteiger partial charge in [-0.05, 0) is 30.4 Å². The first-order valence-corrected chi connectivity index (χ1v) is 10.7. The maximum Gasteiger partial charge on any atom is 0.246 e. The van der Waals surface area contributed by atoms with Crippen LogP contribution in [0.1, 0.15) is 5.69 Å². The van der Waals surface area contributed by atoms with Gasteiger partial charge in [0.2, 0.25) is 5.91 Å². The predicted molar refractivity (Wildman–Crippen MR) is 126 cm³/mol. The molecular formula is C22H21Cl2FN6O2. The first-order chi connectivity index (χ1) is 15.7. The number of nitrogens with two attached hydrogens (primary N) is 1. The Morgan fingerprint density at radius 3 is 2.82 bits per heavy atom. The molecule has 2 aliphatic rings. The maximum absolute atomic E-state index is 14.7. The third kappa shape index (κ3) is 4.39. The third-order valence-electron chi connectivity index (χ3n) is 5.62. The van der Waals surface area contributed by atoms with E-state index in [1.165, 1.54) is 24.5 Å². The number of likely N-dealkylation sites (tertiary alicyclic amines) is 1. The number of carbonyl (C=O) groups excluding carboxylic acids is 1. The quantitative estimate of drug-likeness (QED) is 0.246. The van der Waals surface area contributed by atoms with Crippen molar-refractivity contribution < 1.29 is 13.9 Å². The molecule has 8 nitrogen and oxygen atoms in total. The molecule has 0 spiro atoms. The maximum atomic E-state index is 14.7. The van der Waals surface area contributed by atoms with E-state index in [2.05, 4.69) is 16.9 Å². The number of benzene rings is 1. The number of nitrogens with one attached hydrogen (secondary N) is 2. The van der Waals surface area contributed by atoms with Crippen LogP contribution in [0, 0.1) is 11.2 Å². The van der Waals surface area contributed by atoms with E-state index in [4.69, 9.17) is 39.1 Å². The molecule has 4 rings (SSSR count). The number of amides is 1. The summed E-state index contributed by atoms with van der Waals surface area (Å²) in [5.74, 6) is -1.08. The van der Waals surface area contributed by atoms with Gasteiger partial charge in [-0.2, -0.15) is 0 Å². The van der Waals surface area contributed by atoms with Crippen molar-refractivity contribution in [3.63, 3.8) is 0 Å². The number of anilines is 2. The number of aromatic nitrogens is 1. The molecular weight excluding hydrogens is 470 g/mol. The number of carbonyl (C=O) groups is 1. The number of hydrogen-bond donors (Lipinski definition) is 3. The van der Waals surface area contributed by atoms with Crippen LogP contribution in [0.2, 0.25) is 10.0 Å². The van der Waals surface area contributed by atoms with Crippen LogP contribution in [-0.4, -0.2) is 58.9 Å². The van der Waals surface area contributed by atoms with Crippen LogP contribution < -0.4 is 21.6 Å². The van der Waals surface area contributed by atoms with Crippen LogP contribution in [-0.2, 0) is 9.53 Å². The van der Waals surface area contributed by atoms with Crippen molar-refractivity contribution in [3.8, 4) is 0 Å². The number of fused-ring (bicyclic) bond motifs is 1. The van der Waals surface area contributed by atoms with Crippen LogP contribution in [0.15, 0.2) is 30.9 Å². The van der Waals surface area contributed by atoms with E-state index in [1.807, 2.05) is 11.0 Å². The van der Waals surface area contributed by atoms with E-state index in [0.717, 1.165) is 0 Å². The average Bonchev–Trinajstić information content (AvgIpc) is 2.77. The highest BCUT2D eigenvalue weighted by Crippen LogP contribution is 2.31. The number of likely N-dealkylation sites (N-methyl/N-ethyl adjacent to an activating group) is 1. The molecule has 172 valence electrons. The van der Waals surface area contributed by atoms with Gasteiger partial charge in [0.05, 0.1) is 27.5 Å². The topological polar surface area (TPSA) is 108 Å². The van der Waals surface area contributed by atoms with E-state index >= 15 is 0 Å². The standard InChI is InChI=1S/C22H21Cl2FN6O2/c1-3-18(32)30(2)11-8-31(9-11)19-6-12-15(7-16(22(26)27)29-17(12)10-33-19)28-14-5-4-13(23)20(24)21(14)25/h3-7,10-11,19,28H,1,8-9H2,2H3,(H3,26,27). The fraction of sp³-hybridized carbons (Fsp3) is 0.227. The Morgan fingerprint density at radius 1 is 1.42 bits per heavy atom. The molecule has 1 fully saturated rings. The summed E-state index contributed by atoms with van der Waals surface area (Å²) in [5.41, 5.74) is 6.43. The largest absolute Gasteiger partial charge is 0.477 e. The smallest absolute Gasteiger partial charge is 0.246 e. The molecule has 2 aromatic rings. The summed E-state index contributed by atoms with van der Waals surface area (Å²) in [7, 11) is 1.74. The second-order valence-electron chi connectivity index (χ2n) is 7.69. The molecule has 1 atom stereocenters. The SMILES string of the molecule is C=CC(=O)N(C)C1CN(C2C=c3c(Nc4ccc(Cl)c(Cl)c4F)cc(C(=N)N)nc3=CO2)C1. The van der Waals surface area contributed by atoms with Gasteiger partial charge in [-0.3, -0.25) is 15.1 Å². The Kier molecular flexibility index (Phi) is 6.29. The number of hydrogen-bond acceptors (Lipinski definition) is 6. The number of amidine groups is 1. The third-order valence-corrected chi connectivity index (χ3v) is 6.40. The van der Waals surface area contributed by atoms with Gasteiger partial charge < -0.3 is 20.7 Å². The molecule has 0 radical (unpaired) electrons. The highest BCUT2D eigenvalue weighted by molar-refractivity contribution is 6.42. The summed E-state index contributed by atoms with van der Waals surface area (Å²) in [6, 6.07) is 4.56. The summed E-state index contributed by atoms with van der Waals surface area (Å²) in [4.78, 5) is 19.9. The Morgan fingerprint density at radius 2 is 2.15 bits per heavy atom. The molecule has 0 aliphatic carbocycles. The van der Waals surface area contributed by atoms with Crippen LogP contribution in [0.25, 0.3) is 12.3 Å². The van der Waals surface area contributed by atoms with Gasteiger partial charge in [-0.25, -0.2) is 9.37 Å². The zero-order chi connectivity index (χ0) is 23.9. The minimum atomic E-state index is -0.702. The highest BCUT2D eigenvalue weighted by atomic mass is 35.5. The number of ether oxygens (including phenoxy) is 1. The number of halogens is 3. The number of nitrogens with zero attached hydrogens (tertiary/aromatic N) is 3. The second kappa shape index (κ2) is 9.01. The molecule has 0 bridgehead atoms. The molecule has 1 saturated heterocycles. The van der Waals surface area contributed by atoms with E-state index in [9.17, 15) is 9.18 Å². The van der Waals surface area contributed by atoms with Crippen LogP contribution in [0.3, 0.4) is 0 Å². The highest BCUT2D eigenvalue weighted by Gasteiger charge is 2.36. The molecule has 3 heterocycles. The molecule has 11 heteroatoms. The van der Waals surface area contributed by atoms with E-state index in [0.29, 0.717) is 29.3 Å². The zero-order valence-electron chi connectivity index (χ0n) is 17.6. The fourth-order valence-corrected chi connectivity index (χ4v) is 3.93. The monoisotopic (exact) mass is 490 g/mol. The van der Waals surface area contributed by atoms with Gasteiger partial charge in [0.25, 0.3) is 0 Å². The Balaban J connectivity index is 1.67. The molecule has 1 aromatic carbocycles. The number of rotatable bonds is 6. The van der Waals surface area contributed by atoms with Crippen molar-refractivity contribution in [2.75, 3.05) is 25.5 Å². The van der Waals surface area contributed by atoms with E-state index in [-0.39, 0.29) is 39.2 Å². The lowest BCUT2D eigenvalue weighted by molar-refractivity contribution is -0.132. The summed E-state index contributed by atoms with van der Waals surface area (Å²) >= 11 is 11.8. The average molecular weight is 491 g/mol. The zero-order valence-corrected chi connectivity index (χ0v) is 19.1. The summed E-state index contributed by atoms with van der Waals surface area (Å²) in [6.07, 6.45) is 4.20. The van der Waals surface area contributed by atoms with Crippen LogP contribution in [0.4, 0.5) is 15.8 Å². The minimum Gasteiger partial charge on any atom is -0.477 e. The summed E-state index contributed by atoms with van der Waals surface area (Å²) in [6.45, 7) is 4.74. The fourth-order valence-electron chi connectivity index (χ4n) is 3.62. The lowest BCUT2D eigenvalue weighted by atomic mass is 10.1. The first-order valence-electron chi connectivity index (χ1n) is 9.96. The van der Waals surface area contributed by atoms with Crippen molar-refractivity contribution >= 4 is 58.7 Å². The van der Waals surface area contributed by atoms with Crippen molar-refractivity contribution in [2.24, 2.45) is 5.73 Å². The van der Waals surface area contributed by atoms with Crippen molar-refractivity contribution in [1.29, 1.82) is 5.41 Å². The van der Waals surface area contributed by atoms with Gasteiger partial charge in [-0.1, -0.05) is 29.8 Å². The molecule has 0 saturated carbocycles. The van der Waals surface area contributed by atoms with Gasteiger partial charge in [0.1, 0.15) is 23.1 Å². The number of nitrogen functional groups attached to an aromatic ring is 1. The molecule has 2 aliphatic heterocycles. The molecule has 4 N–H and O–H groups in total. The Bertz CT molecular complexity index is 1280. The van der Waals surface area contributed by atoms with Gasteiger partial charge in [-0.15, -0.1) is 0 Å². The van der Waals surface area contributed by atoms with Gasteiger partial charge in [0.15, 0.2) is 12.0 Å². The minimum absolute atomic E-state index is 0.0509. The lowest BCUT2D eigenvalue weighted by Gasteiger charge is -2.46. The first kappa shape index (κ1) is 23.0. The Labute approximate surface area is 199 Å². The number of pyridine rings is 1. The molecule has 1 aromatic heterocycles. The predicted octanol–water partition coefficient (Wildman–Crippen LogP) is 1.76. The molecule has 1 unspecified atom stereocenters. The Hall–Kier alpha value is -3.14. The van der Waals surface area contributed by atoms with E-state index < -0.39 is 12.0 Å². The van der Waals surface area contributed by atoms with Crippen molar-refractivity contribution in [3.05, 3.63) is 63.0 Å². The van der Waals surface area contributed by atoms with Crippen LogP contribution in [0.5, 0.6) is 0 Å². The molecule has 33 heavy (non-hydrogen) atoms. The van der Waals surface area contributed by atoms with Crippen LogP contribution >= 0.6 is 23.2 Å². The normalized spacial score (nSPS) is 17.5. The van der Waals surface area contributed by atoms with Gasteiger partial charge >= 0.3 is 0 Å². The van der Waals surface area contributed by atoms with E-state index in [1.54, 1.807) is 18.0 Å². The van der Waals surface area contributed by atoms with Crippen molar-refractivity contribution in [1.82, 2.24) is 14.8 Å². The van der Waals surface area contributed by atoms with Gasteiger partial charge in [0, 0.05) is 25.4 Å². The summed E-state index contributed by atoms with van der Waals surface area (Å²) in [5, 5.41) is 11.8. The van der Waals surface area contributed by atoms with Crippen molar-refractivity contribution in [2.45, 2.75) is 12.3 Å². The lowest BCUT2D eigenvalue weighted by Crippen LogP contribution is -2.62. The molecule has 1 amide bonds.